The lowest BCUT2D eigenvalue weighted by atomic mass is 10.1. The van der Waals surface area contributed by atoms with E-state index in [4.69, 9.17) is 5.73 Å². The van der Waals surface area contributed by atoms with Crippen molar-refractivity contribution in [2.45, 2.75) is 12.5 Å². The average Bonchev–Trinajstić information content (AvgIpc) is 3.09. The Hall–Kier alpha value is -3.33. The van der Waals surface area contributed by atoms with Gasteiger partial charge in [-0.25, -0.2) is 18.6 Å². The molecule has 0 aliphatic carbocycles. The molecule has 0 saturated carbocycles. The van der Waals surface area contributed by atoms with Crippen LogP contribution in [0.15, 0.2) is 41.3 Å². The van der Waals surface area contributed by atoms with Crippen molar-refractivity contribution in [3.05, 3.63) is 63.9 Å². The lowest BCUT2D eigenvalue weighted by Crippen LogP contribution is -2.28. The van der Waals surface area contributed by atoms with Crippen LogP contribution in [-0.4, -0.2) is 39.8 Å². The van der Waals surface area contributed by atoms with E-state index >= 15 is 0 Å². The number of carbonyl (C=O) groups is 1. The molecule has 2 aromatic heterocycles. The van der Waals surface area contributed by atoms with Crippen LogP contribution in [0.25, 0.3) is 16.7 Å². The molecule has 1 saturated heterocycles. The Morgan fingerprint density at radius 2 is 1.96 bits per heavy atom. The summed E-state index contributed by atoms with van der Waals surface area (Å²) in [5.41, 5.74) is 4.99. The number of hydrogen-bond acceptors (Lipinski definition) is 5. The van der Waals surface area contributed by atoms with E-state index in [1.54, 1.807) is 4.90 Å². The summed E-state index contributed by atoms with van der Waals surface area (Å²) in [6, 6.07) is 6.12. The summed E-state index contributed by atoms with van der Waals surface area (Å²) in [6.07, 6.45) is 1.80. The largest absolute Gasteiger partial charge is 0.477 e. The van der Waals surface area contributed by atoms with Crippen molar-refractivity contribution in [2.24, 2.45) is 5.73 Å². The minimum Gasteiger partial charge on any atom is -0.477 e. The number of benzene rings is 1. The molecule has 1 aliphatic heterocycles. The molecule has 3 aromatic rings. The second-order valence-corrected chi connectivity index (χ2v) is 6.68. The number of nitrogens with zero attached hydrogens (tertiary/aromatic N) is 3. The minimum absolute atomic E-state index is 0.0405. The molecule has 0 bridgehead atoms. The highest BCUT2D eigenvalue weighted by atomic mass is 19.1. The van der Waals surface area contributed by atoms with E-state index in [1.807, 2.05) is 0 Å². The van der Waals surface area contributed by atoms with Gasteiger partial charge < -0.3 is 20.3 Å². The van der Waals surface area contributed by atoms with E-state index in [1.165, 1.54) is 28.8 Å². The fraction of sp³-hybridized carbons (Fsp3) is 0.211. The molecule has 4 rings (SSSR count). The van der Waals surface area contributed by atoms with Gasteiger partial charge in [0.05, 0.1) is 5.39 Å². The first kappa shape index (κ1) is 18.1. The molecule has 1 atom stereocenters. The van der Waals surface area contributed by atoms with Crippen LogP contribution in [-0.2, 0) is 0 Å². The standard InChI is InChI=1S/C19H16F2N4O3/c20-10-1-3-12(4-2-10)25-9-14(19(27)28)16(26)13-7-15(21)18(23-17(13)25)24-6-5-11(22)8-24/h1-4,7,9,11H,5-6,8,22H2,(H,27,28)/t11-/m1/s1. The van der Waals surface area contributed by atoms with Crippen LogP contribution in [0.4, 0.5) is 14.6 Å². The Morgan fingerprint density at radius 3 is 2.57 bits per heavy atom. The van der Waals surface area contributed by atoms with Gasteiger partial charge in [-0.1, -0.05) is 0 Å². The molecule has 0 spiro atoms. The summed E-state index contributed by atoms with van der Waals surface area (Å²) < 4.78 is 29.4. The van der Waals surface area contributed by atoms with Gasteiger partial charge in [0.2, 0.25) is 5.43 Å². The average molecular weight is 386 g/mol. The second-order valence-electron chi connectivity index (χ2n) is 6.68. The zero-order valence-corrected chi connectivity index (χ0v) is 14.6. The summed E-state index contributed by atoms with van der Waals surface area (Å²) in [5.74, 6) is -2.61. The van der Waals surface area contributed by atoms with Crippen LogP contribution in [0.5, 0.6) is 0 Å². The maximum Gasteiger partial charge on any atom is 0.341 e. The molecule has 0 radical (unpaired) electrons. The van der Waals surface area contributed by atoms with Crippen molar-refractivity contribution in [3.63, 3.8) is 0 Å². The maximum atomic E-state index is 14.7. The molecular weight excluding hydrogens is 370 g/mol. The fourth-order valence-corrected chi connectivity index (χ4v) is 3.37. The highest BCUT2D eigenvalue weighted by Gasteiger charge is 2.25. The number of hydrogen-bond donors (Lipinski definition) is 2. The van der Waals surface area contributed by atoms with Gasteiger partial charge >= 0.3 is 5.97 Å². The van der Waals surface area contributed by atoms with E-state index in [0.717, 1.165) is 12.3 Å². The number of fused-ring (bicyclic) bond motifs is 1. The summed E-state index contributed by atoms with van der Waals surface area (Å²) in [6.45, 7) is 0.938. The van der Waals surface area contributed by atoms with Crippen molar-refractivity contribution in [1.82, 2.24) is 9.55 Å². The maximum absolute atomic E-state index is 14.7. The topological polar surface area (TPSA) is 101 Å². The predicted octanol–water partition coefficient (Wildman–Crippen LogP) is 1.90. The third-order valence-corrected chi connectivity index (χ3v) is 4.77. The van der Waals surface area contributed by atoms with Crippen molar-refractivity contribution >= 4 is 22.8 Å². The van der Waals surface area contributed by atoms with E-state index < -0.39 is 28.6 Å². The smallest absolute Gasteiger partial charge is 0.341 e. The zero-order chi connectivity index (χ0) is 20.0. The number of anilines is 1. The van der Waals surface area contributed by atoms with Gasteiger partial charge in [-0.2, -0.15) is 0 Å². The number of carboxylic acids is 1. The molecule has 3 N–H and O–H groups in total. The quantitative estimate of drug-likeness (QED) is 0.713. The molecule has 28 heavy (non-hydrogen) atoms. The number of nitrogens with two attached hydrogens (primary N) is 1. The Morgan fingerprint density at radius 1 is 1.25 bits per heavy atom. The lowest BCUT2D eigenvalue weighted by molar-refractivity contribution is 0.0695. The van der Waals surface area contributed by atoms with E-state index in [-0.39, 0.29) is 22.9 Å². The van der Waals surface area contributed by atoms with Crippen LogP contribution < -0.4 is 16.1 Å². The van der Waals surface area contributed by atoms with E-state index in [0.29, 0.717) is 25.2 Å². The normalized spacial score (nSPS) is 16.7. The molecular formula is C19H16F2N4O3. The van der Waals surface area contributed by atoms with Gasteiger partial charge in [0.15, 0.2) is 17.3 Å². The van der Waals surface area contributed by atoms with Crippen LogP contribution in [0.3, 0.4) is 0 Å². The van der Waals surface area contributed by atoms with Crippen molar-refractivity contribution in [1.29, 1.82) is 0 Å². The van der Waals surface area contributed by atoms with E-state index in [2.05, 4.69) is 4.98 Å². The molecule has 1 fully saturated rings. The number of aromatic carboxylic acids is 1. The molecule has 1 aliphatic rings. The van der Waals surface area contributed by atoms with Gasteiger partial charge in [-0.15, -0.1) is 0 Å². The number of carboxylic acid groups (broad SMARTS) is 1. The molecule has 144 valence electrons. The number of halogens is 2. The minimum atomic E-state index is -1.45. The van der Waals surface area contributed by atoms with Crippen LogP contribution in [0.2, 0.25) is 0 Å². The molecule has 9 heteroatoms. The van der Waals surface area contributed by atoms with Crippen molar-refractivity contribution in [2.75, 3.05) is 18.0 Å². The Bertz CT molecular complexity index is 1140. The second kappa shape index (κ2) is 6.68. The van der Waals surface area contributed by atoms with Gasteiger partial charge in [0.25, 0.3) is 0 Å². The summed E-state index contributed by atoms with van der Waals surface area (Å²) in [7, 11) is 0. The van der Waals surface area contributed by atoms with Gasteiger partial charge in [0.1, 0.15) is 11.4 Å². The zero-order valence-electron chi connectivity index (χ0n) is 14.6. The van der Waals surface area contributed by atoms with E-state index in [9.17, 15) is 23.5 Å². The Balaban J connectivity index is 2.02. The fourth-order valence-electron chi connectivity index (χ4n) is 3.37. The molecule has 7 nitrogen and oxygen atoms in total. The number of aromatic nitrogens is 2. The lowest BCUT2D eigenvalue weighted by Gasteiger charge is -2.19. The summed E-state index contributed by atoms with van der Waals surface area (Å²) in [4.78, 5) is 30.0. The van der Waals surface area contributed by atoms with Gasteiger partial charge in [-0.05, 0) is 36.8 Å². The Kier molecular flexibility index (Phi) is 4.31. The highest BCUT2D eigenvalue weighted by molar-refractivity contribution is 5.92. The molecule has 0 unspecified atom stereocenters. The predicted molar refractivity (Wildman–Crippen MR) is 99.0 cm³/mol. The van der Waals surface area contributed by atoms with Crippen molar-refractivity contribution in [3.8, 4) is 5.69 Å². The summed E-state index contributed by atoms with van der Waals surface area (Å²) >= 11 is 0. The molecule has 1 aromatic carbocycles. The third kappa shape index (κ3) is 2.99. The number of rotatable bonds is 3. The molecule has 3 heterocycles. The molecule has 0 amide bonds. The third-order valence-electron chi connectivity index (χ3n) is 4.77. The van der Waals surface area contributed by atoms with Gasteiger partial charge in [-0.3, -0.25) is 4.79 Å². The number of pyridine rings is 2. The monoisotopic (exact) mass is 386 g/mol. The first-order chi connectivity index (χ1) is 13.3. The van der Waals surface area contributed by atoms with Crippen LogP contribution >= 0.6 is 0 Å². The van der Waals surface area contributed by atoms with Crippen LogP contribution in [0, 0.1) is 11.6 Å². The Labute approximate surface area is 157 Å². The SMILES string of the molecule is N[C@@H]1CCN(c2nc3c(cc2F)c(=O)c(C(=O)O)cn3-c2ccc(F)cc2)C1. The van der Waals surface area contributed by atoms with Gasteiger partial charge in [0, 0.05) is 31.0 Å². The first-order valence-corrected chi connectivity index (χ1v) is 8.61. The highest BCUT2D eigenvalue weighted by Crippen LogP contribution is 2.26. The van der Waals surface area contributed by atoms with Crippen LogP contribution in [0.1, 0.15) is 16.8 Å². The summed E-state index contributed by atoms with van der Waals surface area (Å²) in [5, 5.41) is 9.18. The van der Waals surface area contributed by atoms with Crippen molar-refractivity contribution < 1.29 is 18.7 Å². The first-order valence-electron chi connectivity index (χ1n) is 8.61.